The van der Waals surface area contributed by atoms with Gasteiger partial charge in [0.2, 0.25) is 0 Å². The van der Waals surface area contributed by atoms with Crippen LogP contribution in [-0.2, 0) is 10.6 Å². The number of benzene rings is 3. The lowest BCUT2D eigenvalue weighted by Gasteiger charge is -2.24. The van der Waals surface area contributed by atoms with Crippen molar-refractivity contribution in [3.63, 3.8) is 0 Å². The van der Waals surface area contributed by atoms with Crippen LogP contribution in [0.3, 0.4) is 0 Å². The normalized spacial score (nSPS) is 18.7. The molecule has 0 saturated heterocycles. The molecule has 1 atom stereocenters. The maximum atomic E-state index is 10.9. The van der Waals surface area contributed by atoms with Crippen molar-refractivity contribution < 1.29 is 14.9 Å². The molecule has 1 aliphatic rings. The van der Waals surface area contributed by atoms with Gasteiger partial charge in [-0.05, 0) is 0 Å². The minimum Gasteiger partial charge on any atom is -0.298 e. The Morgan fingerprint density at radius 3 is 2.04 bits per heavy atom. The fraction of sp³-hybridized carbons (Fsp3) is 0.0455. The minimum atomic E-state index is -1.46. The Labute approximate surface area is 156 Å². The number of hydrogen-bond donors (Lipinski definition) is 1. The van der Waals surface area contributed by atoms with Crippen LogP contribution in [0.5, 0.6) is 0 Å². The van der Waals surface area contributed by atoms with Crippen LogP contribution >= 0.6 is 0 Å². The smallest absolute Gasteiger partial charge is 0.262 e. The van der Waals surface area contributed by atoms with Crippen molar-refractivity contribution in [2.75, 3.05) is 0 Å². The molecule has 0 aliphatic carbocycles. The van der Waals surface area contributed by atoms with Crippen molar-refractivity contribution in [3.05, 3.63) is 107 Å². The molecule has 0 amide bonds. The summed E-state index contributed by atoms with van der Waals surface area (Å²) in [6, 6.07) is 25.7. The standard InChI is InChI=1S/C22H16N2O3/c25-15-16-11-13-18(14-12-16)21-23-20(17-7-3-1-4-8-17)22(24-21,27-26)19-9-5-2-6-10-19/h1-15,26H. The van der Waals surface area contributed by atoms with E-state index in [9.17, 15) is 10.1 Å². The zero-order valence-electron chi connectivity index (χ0n) is 14.3. The summed E-state index contributed by atoms with van der Waals surface area (Å²) in [5, 5.41) is 9.91. The van der Waals surface area contributed by atoms with Crippen molar-refractivity contribution in [2.24, 2.45) is 9.98 Å². The average Bonchev–Trinajstić information content (AvgIpc) is 3.16. The van der Waals surface area contributed by atoms with E-state index in [1.807, 2.05) is 60.7 Å². The zero-order chi connectivity index (χ0) is 18.7. The summed E-state index contributed by atoms with van der Waals surface area (Å²) in [4.78, 5) is 25.2. The molecule has 1 N–H and O–H groups in total. The molecule has 0 saturated carbocycles. The molecule has 0 bridgehead atoms. The van der Waals surface area contributed by atoms with Crippen LogP contribution < -0.4 is 0 Å². The Hall–Kier alpha value is -3.41. The minimum absolute atomic E-state index is 0.421. The number of aliphatic imine (C=N–C) groups is 2. The van der Waals surface area contributed by atoms with Crippen LogP contribution in [0.4, 0.5) is 0 Å². The highest BCUT2D eigenvalue weighted by molar-refractivity contribution is 6.20. The number of hydrogen-bond acceptors (Lipinski definition) is 5. The van der Waals surface area contributed by atoms with Gasteiger partial charge >= 0.3 is 0 Å². The Morgan fingerprint density at radius 1 is 0.815 bits per heavy atom. The van der Waals surface area contributed by atoms with E-state index in [1.165, 1.54) is 0 Å². The number of rotatable bonds is 5. The molecule has 3 aromatic carbocycles. The number of carbonyl (C=O) groups is 1. The molecule has 0 aromatic heterocycles. The van der Waals surface area contributed by atoms with E-state index in [4.69, 9.17) is 4.89 Å². The molecule has 0 spiro atoms. The molecule has 27 heavy (non-hydrogen) atoms. The highest BCUT2D eigenvalue weighted by atomic mass is 17.1. The third kappa shape index (κ3) is 2.99. The first-order chi connectivity index (χ1) is 13.3. The zero-order valence-corrected chi connectivity index (χ0v) is 14.3. The molecule has 1 unspecified atom stereocenters. The van der Waals surface area contributed by atoms with E-state index in [2.05, 4.69) is 9.98 Å². The van der Waals surface area contributed by atoms with Gasteiger partial charge in [0.05, 0.1) is 0 Å². The summed E-state index contributed by atoms with van der Waals surface area (Å²) in [5.74, 6) is 0.421. The Bertz CT molecular complexity index is 1010. The molecule has 1 aliphatic heterocycles. The number of amidine groups is 1. The average molecular weight is 356 g/mol. The topological polar surface area (TPSA) is 71.2 Å². The SMILES string of the molecule is O=Cc1ccc(C2=NC(OO)(c3ccccc3)C(c3ccccc3)=N2)cc1. The van der Waals surface area contributed by atoms with Gasteiger partial charge in [0.25, 0.3) is 5.72 Å². The van der Waals surface area contributed by atoms with Gasteiger partial charge in [-0.1, -0.05) is 84.9 Å². The first-order valence-corrected chi connectivity index (χ1v) is 8.45. The second-order valence-electron chi connectivity index (χ2n) is 6.10. The molecule has 0 radical (unpaired) electrons. The highest BCUT2D eigenvalue weighted by Gasteiger charge is 2.45. The molecule has 0 fully saturated rings. The van der Waals surface area contributed by atoms with Crippen LogP contribution in [0.1, 0.15) is 27.0 Å². The molecule has 4 rings (SSSR count). The first-order valence-electron chi connectivity index (χ1n) is 8.45. The van der Waals surface area contributed by atoms with Crippen LogP contribution in [0.15, 0.2) is 94.9 Å². The summed E-state index contributed by atoms with van der Waals surface area (Å²) in [7, 11) is 0. The van der Waals surface area contributed by atoms with Crippen molar-refractivity contribution in [2.45, 2.75) is 5.72 Å². The van der Waals surface area contributed by atoms with E-state index in [-0.39, 0.29) is 0 Å². The summed E-state index contributed by atoms with van der Waals surface area (Å²) in [6.45, 7) is 0. The maximum Gasteiger partial charge on any atom is 0.262 e. The van der Waals surface area contributed by atoms with Gasteiger partial charge in [0.15, 0.2) is 5.84 Å². The van der Waals surface area contributed by atoms with E-state index in [1.54, 1.807) is 24.3 Å². The Morgan fingerprint density at radius 2 is 1.44 bits per heavy atom. The quantitative estimate of drug-likeness (QED) is 0.425. The van der Waals surface area contributed by atoms with E-state index in [0.29, 0.717) is 22.7 Å². The van der Waals surface area contributed by atoms with Crippen LogP contribution in [-0.4, -0.2) is 23.1 Å². The van der Waals surface area contributed by atoms with Crippen LogP contribution in [0, 0.1) is 0 Å². The van der Waals surface area contributed by atoms with Crippen molar-refractivity contribution >= 4 is 17.8 Å². The molecule has 132 valence electrons. The van der Waals surface area contributed by atoms with Crippen molar-refractivity contribution in [3.8, 4) is 0 Å². The number of aldehydes is 1. The van der Waals surface area contributed by atoms with E-state index in [0.717, 1.165) is 17.4 Å². The van der Waals surface area contributed by atoms with E-state index < -0.39 is 5.72 Å². The van der Waals surface area contributed by atoms with E-state index >= 15 is 0 Å². The lowest BCUT2D eigenvalue weighted by atomic mass is 9.93. The molecular formula is C22H16N2O3. The van der Waals surface area contributed by atoms with Gasteiger partial charge in [0.1, 0.15) is 12.0 Å². The summed E-state index contributed by atoms with van der Waals surface area (Å²) in [6.07, 6.45) is 0.782. The summed E-state index contributed by atoms with van der Waals surface area (Å²) >= 11 is 0. The molecule has 1 heterocycles. The highest BCUT2D eigenvalue weighted by Crippen LogP contribution is 2.36. The van der Waals surface area contributed by atoms with Gasteiger partial charge in [0, 0.05) is 22.3 Å². The Balaban J connectivity index is 1.89. The Kier molecular flexibility index (Phi) is 4.46. The molecule has 3 aromatic rings. The maximum absolute atomic E-state index is 10.9. The fourth-order valence-corrected chi connectivity index (χ4v) is 3.09. The van der Waals surface area contributed by atoms with Crippen molar-refractivity contribution in [1.82, 2.24) is 0 Å². The third-order valence-corrected chi connectivity index (χ3v) is 4.45. The number of carbonyl (C=O) groups excluding carboxylic acids is 1. The summed E-state index contributed by atoms with van der Waals surface area (Å²) < 4.78 is 0. The lowest BCUT2D eigenvalue weighted by Crippen LogP contribution is -2.34. The monoisotopic (exact) mass is 356 g/mol. The predicted molar refractivity (Wildman–Crippen MR) is 103 cm³/mol. The second kappa shape index (κ2) is 7.07. The number of nitrogens with zero attached hydrogens (tertiary/aromatic N) is 2. The molecule has 5 heteroatoms. The molecule has 5 nitrogen and oxygen atoms in total. The van der Waals surface area contributed by atoms with Gasteiger partial charge < -0.3 is 0 Å². The van der Waals surface area contributed by atoms with Crippen LogP contribution in [0.25, 0.3) is 0 Å². The van der Waals surface area contributed by atoms with Crippen molar-refractivity contribution in [1.29, 1.82) is 0 Å². The second-order valence-corrected chi connectivity index (χ2v) is 6.10. The van der Waals surface area contributed by atoms with Gasteiger partial charge in [-0.15, -0.1) is 0 Å². The van der Waals surface area contributed by atoms with Crippen LogP contribution in [0.2, 0.25) is 0 Å². The third-order valence-electron chi connectivity index (χ3n) is 4.45. The first kappa shape index (κ1) is 17.0. The fourth-order valence-electron chi connectivity index (χ4n) is 3.09. The van der Waals surface area contributed by atoms with Gasteiger partial charge in [-0.25, -0.2) is 15.2 Å². The lowest BCUT2D eigenvalue weighted by molar-refractivity contribution is -0.302. The largest absolute Gasteiger partial charge is 0.298 e. The summed E-state index contributed by atoms with van der Waals surface area (Å²) in [5.41, 5.74) is 1.78. The molecular weight excluding hydrogens is 340 g/mol. The van der Waals surface area contributed by atoms with Gasteiger partial charge in [-0.2, -0.15) is 4.89 Å². The predicted octanol–water partition coefficient (Wildman–Crippen LogP) is 4.09. The van der Waals surface area contributed by atoms with Gasteiger partial charge in [-0.3, -0.25) is 4.79 Å².